The van der Waals surface area contributed by atoms with Crippen molar-refractivity contribution < 1.29 is 24.2 Å². The number of methoxy groups -OCH3 is 1. The molecule has 1 heterocycles. The molecule has 2 rings (SSSR count). The van der Waals surface area contributed by atoms with Gasteiger partial charge in [0.25, 0.3) is 0 Å². The second-order valence-electron chi connectivity index (χ2n) is 4.74. The maximum absolute atomic E-state index is 12.2. The number of anilines is 1. The molecular formula is C14H18N2O5. The fourth-order valence-corrected chi connectivity index (χ4v) is 2.20. The zero-order valence-electron chi connectivity index (χ0n) is 12.0. The zero-order chi connectivity index (χ0) is 15.4. The number of aliphatic carboxylic acids is 1. The number of amides is 2. The van der Waals surface area contributed by atoms with Gasteiger partial charge in [0.1, 0.15) is 5.75 Å². The average Bonchev–Trinajstić information content (AvgIpc) is 2.47. The summed E-state index contributed by atoms with van der Waals surface area (Å²) < 4.78 is 10.3. The van der Waals surface area contributed by atoms with Gasteiger partial charge in [0.15, 0.2) is 6.04 Å². The number of morpholine rings is 1. The minimum absolute atomic E-state index is 0.00436. The van der Waals surface area contributed by atoms with Crippen molar-refractivity contribution in [3.8, 4) is 5.75 Å². The molecule has 114 valence electrons. The number of nitrogens with one attached hydrogen (secondary N) is 1. The van der Waals surface area contributed by atoms with Crippen molar-refractivity contribution in [3.63, 3.8) is 0 Å². The number of carbonyl (C=O) groups is 2. The molecule has 0 aromatic heterocycles. The highest BCUT2D eigenvalue weighted by atomic mass is 16.5. The summed E-state index contributed by atoms with van der Waals surface area (Å²) in [6.07, 6.45) is 0. The Labute approximate surface area is 122 Å². The number of carboxylic acids is 1. The predicted octanol–water partition coefficient (Wildman–Crippen LogP) is 1.32. The Bertz CT molecular complexity index is 546. The Kier molecular flexibility index (Phi) is 4.64. The van der Waals surface area contributed by atoms with Gasteiger partial charge in [0.05, 0.1) is 20.3 Å². The third-order valence-electron chi connectivity index (χ3n) is 3.32. The van der Waals surface area contributed by atoms with Crippen LogP contribution in [0.1, 0.15) is 5.56 Å². The molecule has 0 radical (unpaired) electrons. The van der Waals surface area contributed by atoms with E-state index >= 15 is 0 Å². The Morgan fingerprint density at radius 3 is 2.86 bits per heavy atom. The van der Waals surface area contributed by atoms with E-state index in [1.165, 1.54) is 4.90 Å². The van der Waals surface area contributed by atoms with Gasteiger partial charge >= 0.3 is 12.0 Å². The number of hydrogen-bond donors (Lipinski definition) is 2. The van der Waals surface area contributed by atoms with Crippen molar-refractivity contribution in [2.24, 2.45) is 0 Å². The molecule has 1 unspecified atom stereocenters. The van der Waals surface area contributed by atoms with E-state index in [1.807, 2.05) is 6.92 Å². The normalized spacial score (nSPS) is 18.2. The van der Waals surface area contributed by atoms with Gasteiger partial charge in [-0.15, -0.1) is 0 Å². The van der Waals surface area contributed by atoms with E-state index < -0.39 is 18.0 Å². The van der Waals surface area contributed by atoms with Gasteiger partial charge in [0, 0.05) is 12.2 Å². The summed E-state index contributed by atoms with van der Waals surface area (Å²) in [5, 5.41) is 11.8. The number of benzene rings is 1. The summed E-state index contributed by atoms with van der Waals surface area (Å²) >= 11 is 0. The van der Waals surface area contributed by atoms with Gasteiger partial charge < -0.3 is 24.8 Å². The number of rotatable bonds is 3. The molecule has 7 heteroatoms. The smallest absolute Gasteiger partial charge is 0.328 e. The third kappa shape index (κ3) is 3.43. The maximum Gasteiger partial charge on any atom is 0.328 e. The number of carbonyl (C=O) groups excluding carboxylic acids is 1. The Balaban J connectivity index is 2.09. The summed E-state index contributed by atoms with van der Waals surface area (Å²) in [7, 11) is 1.58. The summed E-state index contributed by atoms with van der Waals surface area (Å²) in [4.78, 5) is 24.6. The first-order valence-electron chi connectivity index (χ1n) is 6.55. The van der Waals surface area contributed by atoms with Crippen LogP contribution in [-0.4, -0.2) is 54.9 Å². The van der Waals surface area contributed by atoms with E-state index in [2.05, 4.69) is 5.32 Å². The predicted molar refractivity (Wildman–Crippen MR) is 75.7 cm³/mol. The molecule has 0 saturated carbocycles. The first kappa shape index (κ1) is 15.1. The van der Waals surface area contributed by atoms with Gasteiger partial charge in [-0.2, -0.15) is 0 Å². The summed E-state index contributed by atoms with van der Waals surface area (Å²) in [5.41, 5.74) is 1.47. The minimum Gasteiger partial charge on any atom is -0.496 e. The number of ether oxygens (including phenoxy) is 2. The van der Waals surface area contributed by atoms with Crippen molar-refractivity contribution in [1.29, 1.82) is 0 Å². The van der Waals surface area contributed by atoms with Gasteiger partial charge in [-0.05, 0) is 30.7 Å². The standard InChI is InChI=1S/C14H18N2O5/c1-9-7-10(3-4-12(9)20-2)15-14(19)16-5-6-21-8-11(16)13(17)18/h3-4,7,11H,5-6,8H2,1-2H3,(H,15,19)(H,17,18). The van der Waals surface area contributed by atoms with E-state index in [0.717, 1.165) is 11.3 Å². The number of aryl methyl sites for hydroxylation is 1. The molecule has 1 atom stereocenters. The molecule has 0 spiro atoms. The van der Waals surface area contributed by atoms with Crippen LogP contribution in [0.15, 0.2) is 18.2 Å². The third-order valence-corrected chi connectivity index (χ3v) is 3.32. The number of urea groups is 1. The van der Waals surface area contributed by atoms with Gasteiger partial charge in [-0.3, -0.25) is 0 Å². The van der Waals surface area contributed by atoms with Crippen LogP contribution < -0.4 is 10.1 Å². The average molecular weight is 294 g/mol. The van der Waals surface area contributed by atoms with Crippen molar-refractivity contribution in [2.75, 3.05) is 32.2 Å². The largest absolute Gasteiger partial charge is 0.496 e. The molecule has 2 amide bonds. The lowest BCUT2D eigenvalue weighted by atomic mass is 10.2. The molecule has 21 heavy (non-hydrogen) atoms. The molecule has 2 N–H and O–H groups in total. The second kappa shape index (κ2) is 6.45. The van der Waals surface area contributed by atoms with Gasteiger partial charge in [-0.25, -0.2) is 9.59 Å². The molecule has 0 bridgehead atoms. The first-order valence-corrected chi connectivity index (χ1v) is 6.55. The zero-order valence-corrected chi connectivity index (χ0v) is 12.0. The molecule has 7 nitrogen and oxygen atoms in total. The van der Waals surface area contributed by atoms with Gasteiger partial charge in [-0.1, -0.05) is 0 Å². The SMILES string of the molecule is COc1ccc(NC(=O)N2CCOCC2C(=O)O)cc1C. The van der Waals surface area contributed by atoms with Crippen LogP contribution in [0.2, 0.25) is 0 Å². The summed E-state index contributed by atoms with van der Waals surface area (Å²) in [6, 6.07) is 3.82. The van der Waals surface area contributed by atoms with E-state index in [-0.39, 0.29) is 13.2 Å². The van der Waals surface area contributed by atoms with Crippen LogP contribution in [0.5, 0.6) is 5.75 Å². The van der Waals surface area contributed by atoms with Crippen LogP contribution in [0.3, 0.4) is 0 Å². The Morgan fingerprint density at radius 1 is 1.48 bits per heavy atom. The number of hydrogen-bond acceptors (Lipinski definition) is 4. The molecule has 0 aliphatic carbocycles. The molecule has 1 fully saturated rings. The fraction of sp³-hybridized carbons (Fsp3) is 0.429. The number of nitrogens with zero attached hydrogens (tertiary/aromatic N) is 1. The molecule has 1 aromatic rings. The van der Waals surface area contributed by atoms with Gasteiger partial charge in [0.2, 0.25) is 0 Å². The van der Waals surface area contributed by atoms with Crippen LogP contribution in [-0.2, 0) is 9.53 Å². The Morgan fingerprint density at radius 2 is 2.24 bits per heavy atom. The van der Waals surface area contributed by atoms with Crippen LogP contribution in [0.4, 0.5) is 10.5 Å². The molecule has 1 aromatic carbocycles. The molecule has 1 saturated heterocycles. The summed E-state index contributed by atoms with van der Waals surface area (Å²) in [5.74, 6) is -0.349. The van der Waals surface area contributed by atoms with E-state index in [9.17, 15) is 9.59 Å². The molecule has 1 aliphatic heterocycles. The lowest BCUT2D eigenvalue weighted by Crippen LogP contribution is -2.53. The van der Waals surface area contributed by atoms with Crippen molar-refractivity contribution in [2.45, 2.75) is 13.0 Å². The van der Waals surface area contributed by atoms with Crippen molar-refractivity contribution in [3.05, 3.63) is 23.8 Å². The highest BCUT2D eigenvalue weighted by Gasteiger charge is 2.32. The highest BCUT2D eigenvalue weighted by molar-refractivity contribution is 5.92. The van der Waals surface area contributed by atoms with Crippen molar-refractivity contribution in [1.82, 2.24) is 4.90 Å². The second-order valence-corrected chi connectivity index (χ2v) is 4.74. The molecule has 1 aliphatic rings. The topological polar surface area (TPSA) is 88.1 Å². The molecular weight excluding hydrogens is 276 g/mol. The van der Waals surface area contributed by atoms with E-state index in [0.29, 0.717) is 12.3 Å². The van der Waals surface area contributed by atoms with Crippen molar-refractivity contribution >= 4 is 17.7 Å². The maximum atomic E-state index is 12.2. The Hall–Kier alpha value is -2.28. The lowest BCUT2D eigenvalue weighted by molar-refractivity contribution is -0.147. The van der Waals surface area contributed by atoms with E-state index in [1.54, 1.807) is 25.3 Å². The number of carboxylic acid groups (broad SMARTS) is 1. The monoisotopic (exact) mass is 294 g/mol. The van der Waals surface area contributed by atoms with E-state index in [4.69, 9.17) is 14.6 Å². The quantitative estimate of drug-likeness (QED) is 0.878. The first-order chi connectivity index (χ1) is 10.0. The van der Waals surface area contributed by atoms with Crippen LogP contribution in [0.25, 0.3) is 0 Å². The summed E-state index contributed by atoms with van der Waals surface area (Å²) in [6.45, 7) is 2.45. The highest BCUT2D eigenvalue weighted by Crippen LogP contribution is 2.22. The fourth-order valence-electron chi connectivity index (χ4n) is 2.20. The lowest BCUT2D eigenvalue weighted by Gasteiger charge is -2.32. The minimum atomic E-state index is -1.07. The van der Waals surface area contributed by atoms with Crippen LogP contribution in [0, 0.1) is 6.92 Å². The van der Waals surface area contributed by atoms with Crippen LogP contribution >= 0.6 is 0 Å².